The molecule has 7 rings (SSSR count). The van der Waals surface area contributed by atoms with Gasteiger partial charge in [-0.1, -0.05) is 123 Å². The molecule has 0 radical (unpaired) electrons. The van der Waals surface area contributed by atoms with Gasteiger partial charge >= 0.3 is 0 Å². The Balaban J connectivity index is 1.15. The quantitative estimate of drug-likeness (QED) is 0.206. The summed E-state index contributed by atoms with van der Waals surface area (Å²) in [6.07, 6.45) is 7.58. The maximum absolute atomic E-state index is 3.84. The smallest absolute Gasteiger partial charge is 0.0569 e. The lowest BCUT2D eigenvalue weighted by atomic mass is 9.77. The van der Waals surface area contributed by atoms with Crippen LogP contribution < -0.4 is 5.32 Å². The molecule has 43 heavy (non-hydrogen) atoms. The summed E-state index contributed by atoms with van der Waals surface area (Å²) in [6.45, 7) is 9.16. The molecule has 1 aliphatic rings. The minimum absolute atomic E-state index is 0.135. The van der Waals surface area contributed by atoms with E-state index in [1.165, 1.54) is 61.0 Å². The monoisotopic (exact) mass is 558 g/mol. The van der Waals surface area contributed by atoms with Gasteiger partial charge in [0.15, 0.2) is 0 Å². The van der Waals surface area contributed by atoms with Crippen LogP contribution in [0.3, 0.4) is 0 Å². The number of anilines is 1. The summed E-state index contributed by atoms with van der Waals surface area (Å²) in [5, 5.41) is 6.42. The number of nitrogens with zero attached hydrogens (tertiary/aromatic N) is 1. The lowest BCUT2D eigenvalue weighted by Gasteiger charge is -2.31. The molecular formula is C41H38N2. The highest BCUT2D eigenvalue weighted by Crippen LogP contribution is 2.37. The van der Waals surface area contributed by atoms with Gasteiger partial charge in [0.05, 0.1) is 16.6 Å². The molecule has 1 aromatic heterocycles. The average Bonchev–Trinajstić information content (AvgIpc) is 3.68. The number of allylic oxidation sites excluding steroid dienone is 4. The highest BCUT2D eigenvalue weighted by atomic mass is 15.0. The van der Waals surface area contributed by atoms with Gasteiger partial charge in [-0.2, -0.15) is 0 Å². The third-order valence-corrected chi connectivity index (χ3v) is 9.25. The number of para-hydroxylation sites is 3. The summed E-state index contributed by atoms with van der Waals surface area (Å²) in [5.74, 6) is 0. The molecular weight excluding hydrogens is 520 g/mol. The van der Waals surface area contributed by atoms with Crippen LogP contribution in [-0.2, 0) is 11.0 Å². The second-order valence-electron chi connectivity index (χ2n) is 12.7. The largest absolute Gasteiger partial charge is 0.376 e. The van der Waals surface area contributed by atoms with E-state index in [9.17, 15) is 0 Å². The van der Waals surface area contributed by atoms with E-state index in [4.69, 9.17) is 0 Å². The summed E-state index contributed by atoms with van der Waals surface area (Å²) >= 11 is 0. The van der Waals surface area contributed by atoms with Crippen molar-refractivity contribution < 1.29 is 0 Å². The van der Waals surface area contributed by atoms with Crippen molar-refractivity contribution in [2.45, 2.75) is 45.1 Å². The first-order valence-electron chi connectivity index (χ1n) is 15.3. The average molecular weight is 559 g/mol. The van der Waals surface area contributed by atoms with E-state index in [2.05, 4.69) is 177 Å². The molecule has 2 heteroatoms. The van der Waals surface area contributed by atoms with Crippen molar-refractivity contribution in [2.75, 3.05) is 5.32 Å². The molecule has 2 nitrogen and oxygen atoms in total. The Hall–Kier alpha value is -4.82. The van der Waals surface area contributed by atoms with E-state index in [1.807, 2.05) is 0 Å². The van der Waals surface area contributed by atoms with Crippen LogP contribution >= 0.6 is 0 Å². The van der Waals surface area contributed by atoms with Gasteiger partial charge in [0.1, 0.15) is 0 Å². The van der Waals surface area contributed by atoms with Gasteiger partial charge in [0.25, 0.3) is 0 Å². The van der Waals surface area contributed by atoms with Crippen LogP contribution in [0, 0.1) is 0 Å². The van der Waals surface area contributed by atoms with Crippen molar-refractivity contribution in [1.29, 1.82) is 0 Å². The van der Waals surface area contributed by atoms with Crippen LogP contribution in [0.2, 0.25) is 0 Å². The summed E-state index contributed by atoms with van der Waals surface area (Å²) in [4.78, 5) is 0. The van der Waals surface area contributed by atoms with E-state index in [1.54, 1.807) is 0 Å². The van der Waals surface area contributed by atoms with E-state index in [0.717, 1.165) is 6.42 Å². The summed E-state index contributed by atoms with van der Waals surface area (Å²) in [5.41, 5.74) is 11.0. The molecule has 6 aromatic rings. The molecule has 0 saturated carbocycles. The lowest BCUT2D eigenvalue weighted by Crippen LogP contribution is -2.28. The summed E-state index contributed by atoms with van der Waals surface area (Å²) < 4.78 is 2.38. The topological polar surface area (TPSA) is 17.0 Å². The zero-order valence-corrected chi connectivity index (χ0v) is 25.4. The summed E-state index contributed by atoms with van der Waals surface area (Å²) in [7, 11) is 0. The lowest BCUT2D eigenvalue weighted by molar-refractivity contribution is 0.604. The minimum atomic E-state index is -0.227. The van der Waals surface area contributed by atoms with Crippen LogP contribution in [-0.4, -0.2) is 4.57 Å². The maximum Gasteiger partial charge on any atom is 0.0569 e. The molecule has 0 fully saturated rings. The van der Waals surface area contributed by atoms with Crippen molar-refractivity contribution in [2.24, 2.45) is 0 Å². The van der Waals surface area contributed by atoms with Crippen LogP contribution in [0.1, 0.15) is 56.4 Å². The van der Waals surface area contributed by atoms with Gasteiger partial charge < -0.3 is 9.88 Å². The molecule has 0 unspecified atom stereocenters. The Bertz CT molecular complexity index is 1940. The van der Waals surface area contributed by atoms with Crippen LogP contribution in [0.25, 0.3) is 33.1 Å². The predicted molar refractivity (Wildman–Crippen MR) is 184 cm³/mol. The van der Waals surface area contributed by atoms with E-state index in [0.29, 0.717) is 0 Å². The Morgan fingerprint density at radius 2 is 1.12 bits per heavy atom. The molecule has 1 heterocycles. The third kappa shape index (κ3) is 4.77. The Morgan fingerprint density at radius 1 is 0.581 bits per heavy atom. The van der Waals surface area contributed by atoms with Crippen LogP contribution in [0.5, 0.6) is 0 Å². The highest BCUT2D eigenvalue weighted by molar-refractivity contribution is 6.09. The molecule has 5 aromatic carbocycles. The minimum Gasteiger partial charge on any atom is -0.376 e. The fourth-order valence-electron chi connectivity index (χ4n) is 6.63. The van der Waals surface area contributed by atoms with Crippen molar-refractivity contribution in [3.63, 3.8) is 0 Å². The second-order valence-corrected chi connectivity index (χ2v) is 12.7. The van der Waals surface area contributed by atoms with Gasteiger partial charge in [-0.25, -0.2) is 0 Å². The molecule has 1 N–H and O–H groups in total. The van der Waals surface area contributed by atoms with Gasteiger partial charge in [-0.15, -0.1) is 0 Å². The number of benzene rings is 5. The van der Waals surface area contributed by atoms with Gasteiger partial charge in [-0.3, -0.25) is 0 Å². The fraction of sp³-hybridized carbons (Fsp3) is 0.171. The molecule has 0 spiro atoms. The van der Waals surface area contributed by atoms with Gasteiger partial charge in [0.2, 0.25) is 0 Å². The first-order chi connectivity index (χ1) is 20.8. The Labute approximate surface area is 255 Å². The molecule has 0 bridgehead atoms. The van der Waals surface area contributed by atoms with E-state index in [-0.39, 0.29) is 11.0 Å². The number of hydrogen-bond acceptors (Lipinski definition) is 1. The number of hydrogen-bond donors (Lipinski definition) is 1. The Morgan fingerprint density at radius 3 is 1.72 bits per heavy atom. The summed E-state index contributed by atoms with van der Waals surface area (Å²) in [6, 6.07) is 44.3. The highest BCUT2D eigenvalue weighted by Gasteiger charge is 2.26. The van der Waals surface area contributed by atoms with Crippen LogP contribution in [0.15, 0.2) is 140 Å². The normalized spacial score (nSPS) is 13.5. The van der Waals surface area contributed by atoms with Crippen molar-refractivity contribution in [3.05, 3.63) is 162 Å². The SMILES string of the molecule is CC(C)(Nc1ccccc1C1=CC=CC1)c1ccc(C(C)(C)c2ccc(-n3c4ccccc4c4ccccc43)cc2)cc1. The first kappa shape index (κ1) is 27.0. The maximum atomic E-state index is 3.84. The fourth-order valence-corrected chi connectivity index (χ4v) is 6.63. The first-order valence-corrected chi connectivity index (χ1v) is 15.3. The Kier molecular flexibility index (Phi) is 6.58. The number of nitrogens with one attached hydrogen (secondary N) is 1. The molecule has 0 saturated heterocycles. The van der Waals surface area contributed by atoms with Crippen molar-refractivity contribution in [3.8, 4) is 5.69 Å². The van der Waals surface area contributed by atoms with E-state index < -0.39 is 0 Å². The predicted octanol–water partition coefficient (Wildman–Crippen LogP) is 10.8. The van der Waals surface area contributed by atoms with Crippen molar-refractivity contribution in [1.82, 2.24) is 4.57 Å². The molecule has 0 aliphatic heterocycles. The third-order valence-electron chi connectivity index (χ3n) is 9.25. The molecule has 212 valence electrons. The zero-order chi connectivity index (χ0) is 29.6. The molecule has 0 atom stereocenters. The van der Waals surface area contributed by atoms with Crippen molar-refractivity contribution >= 4 is 33.1 Å². The molecule has 0 amide bonds. The standard InChI is InChI=1S/C41H38N2/c1-40(2,31-25-27-33(28-26-31)43-38-19-11-8-16-35(38)36-17-9-12-20-39(36)43)30-21-23-32(24-22-30)41(3,4)42-37-18-10-7-15-34(37)29-13-5-6-14-29/h5-13,15-28,42H,14H2,1-4H3. The second kappa shape index (κ2) is 10.5. The van der Waals surface area contributed by atoms with Crippen LogP contribution in [0.4, 0.5) is 5.69 Å². The van der Waals surface area contributed by atoms with E-state index >= 15 is 0 Å². The molecule has 1 aliphatic carbocycles. The number of aromatic nitrogens is 1. The van der Waals surface area contributed by atoms with Gasteiger partial charge in [0, 0.05) is 33.1 Å². The number of rotatable bonds is 7. The number of fused-ring (bicyclic) bond motifs is 3. The zero-order valence-electron chi connectivity index (χ0n) is 25.4. The van der Waals surface area contributed by atoms with Gasteiger partial charge in [-0.05, 0) is 72.9 Å².